The molecule has 0 aliphatic rings. The van der Waals surface area contributed by atoms with Crippen LogP contribution < -0.4 is 10.1 Å². The molecule has 0 atom stereocenters. The van der Waals surface area contributed by atoms with Gasteiger partial charge < -0.3 is 10.1 Å². The van der Waals surface area contributed by atoms with Gasteiger partial charge in [0.25, 0.3) is 5.91 Å². The number of carbonyl (C=O) groups excluding carboxylic acids is 1. The molecule has 152 valence electrons. The van der Waals surface area contributed by atoms with Crippen LogP contribution in [0.5, 0.6) is 5.75 Å². The molecule has 0 fully saturated rings. The fourth-order valence-corrected chi connectivity index (χ4v) is 3.84. The predicted molar refractivity (Wildman–Crippen MR) is 121 cm³/mol. The summed E-state index contributed by atoms with van der Waals surface area (Å²) >= 11 is 7.30. The summed E-state index contributed by atoms with van der Waals surface area (Å²) in [5, 5.41) is 9.90. The number of nitrogens with one attached hydrogen (secondary N) is 1. The van der Waals surface area contributed by atoms with Gasteiger partial charge in [-0.15, -0.1) is 11.3 Å². The number of hydrogen-bond acceptors (Lipinski definition) is 4. The van der Waals surface area contributed by atoms with Gasteiger partial charge in [-0.2, -0.15) is 5.10 Å². The molecule has 0 saturated heterocycles. The quantitative estimate of drug-likeness (QED) is 0.398. The lowest BCUT2D eigenvalue weighted by atomic mass is 10.2. The maximum Gasteiger partial charge on any atom is 0.266 e. The lowest BCUT2D eigenvalue weighted by Gasteiger charge is -2.07. The van der Waals surface area contributed by atoms with Crippen molar-refractivity contribution in [1.82, 2.24) is 9.78 Å². The van der Waals surface area contributed by atoms with Gasteiger partial charge in [0, 0.05) is 22.8 Å². The third kappa shape index (κ3) is 5.09. The van der Waals surface area contributed by atoms with E-state index < -0.39 is 0 Å². The molecular formula is C23H20ClN3O2S. The Morgan fingerprint density at radius 1 is 1.13 bits per heavy atom. The van der Waals surface area contributed by atoms with Gasteiger partial charge in [-0.3, -0.25) is 9.48 Å². The molecular weight excluding hydrogens is 418 g/mol. The lowest BCUT2D eigenvalue weighted by Crippen LogP contribution is -2.11. The predicted octanol–water partition coefficient (Wildman–Crippen LogP) is 5.79. The second-order valence-corrected chi connectivity index (χ2v) is 8.20. The minimum Gasteiger partial charge on any atom is -0.489 e. The fourth-order valence-electron chi connectivity index (χ4n) is 2.92. The second-order valence-electron chi connectivity index (χ2n) is 6.85. The molecule has 30 heavy (non-hydrogen) atoms. The number of thiophene rings is 1. The highest BCUT2D eigenvalue weighted by Gasteiger charge is 2.12. The van der Waals surface area contributed by atoms with E-state index in [1.54, 1.807) is 10.7 Å². The number of hydrogen-bond donors (Lipinski definition) is 1. The summed E-state index contributed by atoms with van der Waals surface area (Å²) in [5.74, 6) is 1.18. The smallest absolute Gasteiger partial charge is 0.266 e. The summed E-state index contributed by atoms with van der Waals surface area (Å²) in [7, 11) is 0. The zero-order valence-electron chi connectivity index (χ0n) is 16.3. The van der Waals surface area contributed by atoms with Crippen LogP contribution in [0.4, 0.5) is 5.82 Å². The Morgan fingerprint density at radius 2 is 1.93 bits per heavy atom. The Bertz CT molecular complexity index is 1150. The monoisotopic (exact) mass is 437 g/mol. The number of benzene rings is 2. The van der Waals surface area contributed by atoms with Crippen LogP contribution in [0.2, 0.25) is 5.02 Å². The van der Waals surface area contributed by atoms with E-state index in [1.807, 2.05) is 73.1 Å². The van der Waals surface area contributed by atoms with Crippen LogP contribution >= 0.6 is 22.9 Å². The molecule has 2 heterocycles. The van der Waals surface area contributed by atoms with Crippen LogP contribution in [0.3, 0.4) is 0 Å². The van der Waals surface area contributed by atoms with Crippen molar-refractivity contribution in [2.24, 2.45) is 0 Å². The standard InChI is InChI=1S/C23H20ClN3O2S/c1-16-4-2-3-5-20(16)29-14-18-12-21(30-15-18)23(28)25-22-10-11-27(26-22)13-17-6-8-19(24)9-7-17/h2-12,15H,13-14H2,1H3,(H,25,26,28). The number of para-hydroxylation sites is 1. The first kappa shape index (κ1) is 20.2. The van der Waals surface area contributed by atoms with Crippen molar-refractivity contribution >= 4 is 34.7 Å². The Balaban J connectivity index is 1.34. The van der Waals surface area contributed by atoms with E-state index in [4.69, 9.17) is 16.3 Å². The molecule has 4 aromatic rings. The molecule has 5 nitrogen and oxygen atoms in total. The molecule has 1 N–H and O–H groups in total. The van der Waals surface area contributed by atoms with E-state index in [9.17, 15) is 4.79 Å². The maximum atomic E-state index is 12.6. The number of ether oxygens (including phenoxy) is 1. The van der Waals surface area contributed by atoms with Crippen LogP contribution in [-0.4, -0.2) is 15.7 Å². The number of carbonyl (C=O) groups is 1. The second kappa shape index (κ2) is 9.15. The van der Waals surface area contributed by atoms with Gasteiger partial charge in [0.1, 0.15) is 12.4 Å². The van der Waals surface area contributed by atoms with Crippen molar-refractivity contribution in [3.05, 3.63) is 98.8 Å². The fraction of sp³-hybridized carbons (Fsp3) is 0.130. The highest BCUT2D eigenvalue weighted by Crippen LogP contribution is 2.21. The molecule has 1 amide bonds. The highest BCUT2D eigenvalue weighted by atomic mass is 35.5. The Hall–Kier alpha value is -3.09. The molecule has 4 rings (SSSR count). The average Bonchev–Trinajstić information content (AvgIpc) is 3.39. The van der Waals surface area contributed by atoms with E-state index in [-0.39, 0.29) is 5.91 Å². The molecule has 0 unspecified atom stereocenters. The van der Waals surface area contributed by atoms with E-state index in [0.29, 0.717) is 28.9 Å². The molecule has 2 aromatic carbocycles. The molecule has 0 spiro atoms. The van der Waals surface area contributed by atoms with Crippen LogP contribution in [0.1, 0.15) is 26.4 Å². The number of anilines is 1. The number of nitrogens with zero attached hydrogens (tertiary/aromatic N) is 2. The summed E-state index contributed by atoms with van der Waals surface area (Å²) in [5.41, 5.74) is 3.12. The lowest BCUT2D eigenvalue weighted by molar-refractivity contribution is 0.103. The van der Waals surface area contributed by atoms with Gasteiger partial charge in [0.05, 0.1) is 11.4 Å². The number of aromatic nitrogens is 2. The van der Waals surface area contributed by atoms with Crippen LogP contribution in [0.25, 0.3) is 0 Å². The van der Waals surface area contributed by atoms with E-state index in [2.05, 4.69) is 10.4 Å². The average molecular weight is 438 g/mol. The van der Waals surface area contributed by atoms with E-state index >= 15 is 0 Å². The van der Waals surface area contributed by atoms with Crippen molar-refractivity contribution in [2.75, 3.05) is 5.32 Å². The van der Waals surface area contributed by atoms with Crippen molar-refractivity contribution < 1.29 is 9.53 Å². The van der Waals surface area contributed by atoms with Crippen LogP contribution in [-0.2, 0) is 13.2 Å². The first-order valence-electron chi connectivity index (χ1n) is 9.42. The minimum atomic E-state index is -0.182. The van der Waals surface area contributed by atoms with Crippen molar-refractivity contribution in [3.63, 3.8) is 0 Å². The van der Waals surface area contributed by atoms with E-state index in [1.165, 1.54) is 11.3 Å². The van der Waals surface area contributed by atoms with Gasteiger partial charge in [0.2, 0.25) is 0 Å². The number of rotatable bonds is 7. The third-order valence-corrected chi connectivity index (χ3v) is 5.74. The number of aryl methyl sites for hydroxylation is 1. The molecule has 0 saturated carbocycles. The number of halogens is 1. The summed E-state index contributed by atoms with van der Waals surface area (Å²) in [6, 6.07) is 19.1. The van der Waals surface area contributed by atoms with Crippen molar-refractivity contribution in [1.29, 1.82) is 0 Å². The molecule has 0 radical (unpaired) electrons. The largest absolute Gasteiger partial charge is 0.489 e. The zero-order valence-corrected chi connectivity index (χ0v) is 17.9. The Morgan fingerprint density at radius 3 is 2.73 bits per heavy atom. The van der Waals surface area contributed by atoms with Gasteiger partial charge in [-0.25, -0.2) is 0 Å². The topological polar surface area (TPSA) is 56.1 Å². The molecule has 0 aliphatic heterocycles. The minimum absolute atomic E-state index is 0.182. The summed E-state index contributed by atoms with van der Waals surface area (Å²) in [4.78, 5) is 13.2. The van der Waals surface area contributed by atoms with E-state index in [0.717, 1.165) is 22.4 Å². The summed E-state index contributed by atoms with van der Waals surface area (Å²) in [6.07, 6.45) is 1.83. The van der Waals surface area contributed by atoms with Gasteiger partial charge in [-0.05, 0) is 47.7 Å². The first-order valence-corrected chi connectivity index (χ1v) is 10.7. The molecule has 7 heteroatoms. The Kier molecular flexibility index (Phi) is 6.16. The molecule has 0 bridgehead atoms. The summed E-state index contributed by atoms with van der Waals surface area (Å²) in [6.45, 7) is 3.03. The highest BCUT2D eigenvalue weighted by molar-refractivity contribution is 7.12. The zero-order chi connectivity index (χ0) is 20.9. The third-order valence-electron chi connectivity index (χ3n) is 4.51. The molecule has 0 aliphatic carbocycles. The van der Waals surface area contributed by atoms with Gasteiger partial charge >= 0.3 is 0 Å². The van der Waals surface area contributed by atoms with Gasteiger partial charge in [0.15, 0.2) is 5.82 Å². The van der Waals surface area contributed by atoms with Crippen LogP contribution in [0, 0.1) is 6.92 Å². The molecule has 2 aromatic heterocycles. The Labute approximate surface area is 183 Å². The maximum absolute atomic E-state index is 12.6. The first-order chi connectivity index (χ1) is 14.6. The van der Waals surface area contributed by atoms with Crippen LogP contribution in [0.15, 0.2) is 72.2 Å². The normalized spacial score (nSPS) is 10.7. The van der Waals surface area contributed by atoms with Crippen molar-refractivity contribution in [2.45, 2.75) is 20.1 Å². The number of amides is 1. The van der Waals surface area contributed by atoms with Crippen molar-refractivity contribution in [3.8, 4) is 5.75 Å². The van der Waals surface area contributed by atoms with Gasteiger partial charge in [-0.1, -0.05) is 41.9 Å². The SMILES string of the molecule is Cc1ccccc1OCc1csc(C(=O)Nc2ccn(Cc3ccc(Cl)cc3)n2)c1. The summed E-state index contributed by atoms with van der Waals surface area (Å²) < 4.78 is 7.63.